The molecule has 1 heterocycles. The van der Waals surface area contributed by atoms with Gasteiger partial charge in [0.05, 0.1) is 0 Å². The molecule has 1 unspecified atom stereocenters. The summed E-state index contributed by atoms with van der Waals surface area (Å²) in [6.07, 6.45) is 0.545. The molecule has 1 saturated heterocycles. The molecule has 5 heteroatoms. The number of carboxylic acid groups (broad SMARTS) is 1. The number of benzene rings is 1. The maximum atomic E-state index is 11.4. The number of rotatable bonds is 2. The van der Waals surface area contributed by atoms with Gasteiger partial charge in [-0.1, -0.05) is 29.3 Å². The molecular weight excluding hydrogens is 249 g/mol. The van der Waals surface area contributed by atoms with Gasteiger partial charge in [-0.15, -0.1) is 0 Å². The molecule has 0 aromatic heterocycles. The van der Waals surface area contributed by atoms with Gasteiger partial charge in [-0.25, -0.2) is 0 Å². The highest BCUT2D eigenvalue weighted by molar-refractivity contribution is 6.35. The van der Waals surface area contributed by atoms with Crippen LogP contribution in [0.5, 0.6) is 0 Å². The average Bonchev–Trinajstić information content (AvgIpc) is 2.67. The Bertz CT molecular complexity index is 428. The third-order valence-corrected chi connectivity index (χ3v) is 3.56. The van der Waals surface area contributed by atoms with E-state index in [1.165, 1.54) is 0 Å². The zero-order valence-corrected chi connectivity index (χ0v) is 9.98. The fourth-order valence-electron chi connectivity index (χ4n) is 2.10. The Morgan fingerprint density at radius 1 is 1.44 bits per heavy atom. The molecule has 1 aromatic rings. The van der Waals surface area contributed by atoms with E-state index in [2.05, 4.69) is 5.32 Å². The summed E-state index contributed by atoms with van der Waals surface area (Å²) in [6, 6.07) is 4.96. The first-order valence-corrected chi connectivity index (χ1v) is 5.71. The molecule has 1 fully saturated rings. The van der Waals surface area contributed by atoms with Crippen LogP contribution in [0.25, 0.3) is 0 Å². The Balaban J connectivity index is 2.51. The van der Waals surface area contributed by atoms with E-state index in [9.17, 15) is 9.90 Å². The van der Waals surface area contributed by atoms with Crippen LogP contribution in [-0.2, 0) is 10.2 Å². The second-order valence-electron chi connectivity index (χ2n) is 3.94. The van der Waals surface area contributed by atoms with Gasteiger partial charge in [-0.3, -0.25) is 4.79 Å². The maximum Gasteiger partial charge on any atom is 0.315 e. The van der Waals surface area contributed by atoms with Crippen molar-refractivity contribution in [1.29, 1.82) is 0 Å². The van der Waals surface area contributed by atoms with Gasteiger partial charge >= 0.3 is 5.97 Å². The number of halogens is 2. The van der Waals surface area contributed by atoms with E-state index in [-0.39, 0.29) is 0 Å². The topological polar surface area (TPSA) is 49.3 Å². The van der Waals surface area contributed by atoms with Crippen molar-refractivity contribution < 1.29 is 9.90 Å². The standard InChI is InChI=1S/C11H11Cl2NO2/c12-7-1-2-8(9(13)5-7)11(10(15)16)3-4-14-6-11/h1-2,5,14H,3-4,6H2,(H,15,16). The van der Waals surface area contributed by atoms with Crippen molar-refractivity contribution in [3.8, 4) is 0 Å². The molecule has 1 aliphatic rings. The molecule has 0 spiro atoms. The minimum Gasteiger partial charge on any atom is -0.481 e. The molecule has 3 nitrogen and oxygen atoms in total. The molecule has 0 saturated carbocycles. The summed E-state index contributed by atoms with van der Waals surface area (Å²) in [4.78, 5) is 11.4. The summed E-state index contributed by atoms with van der Waals surface area (Å²) in [6.45, 7) is 1.09. The summed E-state index contributed by atoms with van der Waals surface area (Å²) >= 11 is 11.9. The van der Waals surface area contributed by atoms with Crippen LogP contribution < -0.4 is 5.32 Å². The van der Waals surface area contributed by atoms with E-state index in [0.717, 1.165) is 0 Å². The molecule has 1 aliphatic heterocycles. The molecule has 0 aliphatic carbocycles. The van der Waals surface area contributed by atoms with Crippen LogP contribution in [0.2, 0.25) is 10.0 Å². The normalized spacial score (nSPS) is 24.6. The largest absolute Gasteiger partial charge is 0.481 e. The lowest BCUT2D eigenvalue weighted by molar-refractivity contribution is -0.143. The van der Waals surface area contributed by atoms with E-state index >= 15 is 0 Å². The highest BCUT2D eigenvalue weighted by Gasteiger charge is 2.44. The first-order valence-electron chi connectivity index (χ1n) is 4.96. The van der Waals surface area contributed by atoms with Crippen molar-refractivity contribution in [2.24, 2.45) is 0 Å². The van der Waals surface area contributed by atoms with Gasteiger partial charge in [0.25, 0.3) is 0 Å². The van der Waals surface area contributed by atoms with E-state index < -0.39 is 11.4 Å². The second-order valence-corrected chi connectivity index (χ2v) is 4.78. The zero-order valence-electron chi connectivity index (χ0n) is 8.46. The maximum absolute atomic E-state index is 11.4. The molecule has 0 amide bonds. The quantitative estimate of drug-likeness (QED) is 0.857. The van der Waals surface area contributed by atoms with Gasteiger partial charge in [0.1, 0.15) is 5.41 Å². The van der Waals surface area contributed by atoms with E-state index in [0.29, 0.717) is 35.1 Å². The first kappa shape index (κ1) is 11.7. The summed E-state index contributed by atoms with van der Waals surface area (Å²) in [7, 11) is 0. The molecule has 1 aromatic carbocycles. The lowest BCUT2D eigenvalue weighted by Gasteiger charge is -2.24. The van der Waals surface area contributed by atoms with Crippen LogP contribution in [0.4, 0.5) is 0 Å². The first-order chi connectivity index (χ1) is 7.56. The third kappa shape index (κ3) is 1.79. The second kappa shape index (κ2) is 4.24. The smallest absolute Gasteiger partial charge is 0.315 e. The SMILES string of the molecule is O=C(O)C1(c2ccc(Cl)cc2Cl)CCNC1. The average molecular weight is 260 g/mol. The van der Waals surface area contributed by atoms with E-state index in [1.807, 2.05) is 0 Å². The number of hydrogen-bond acceptors (Lipinski definition) is 2. The van der Waals surface area contributed by atoms with E-state index in [1.54, 1.807) is 18.2 Å². The molecule has 0 bridgehead atoms. The fourth-order valence-corrected chi connectivity index (χ4v) is 2.69. The molecule has 16 heavy (non-hydrogen) atoms. The van der Waals surface area contributed by atoms with Crippen molar-refractivity contribution in [2.75, 3.05) is 13.1 Å². The van der Waals surface area contributed by atoms with Gasteiger partial charge in [0, 0.05) is 16.6 Å². The van der Waals surface area contributed by atoms with Crippen LogP contribution >= 0.6 is 23.2 Å². The van der Waals surface area contributed by atoms with E-state index in [4.69, 9.17) is 23.2 Å². The molecule has 86 valence electrons. The van der Waals surface area contributed by atoms with Crippen LogP contribution in [0, 0.1) is 0 Å². The summed E-state index contributed by atoms with van der Waals surface area (Å²) in [5, 5.41) is 13.4. The molecule has 0 radical (unpaired) electrons. The number of aliphatic carboxylic acids is 1. The van der Waals surface area contributed by atoms with Gasteiger partial charge in [0.2, 0.25) is 0 Å². The Morgan fingerprint density at radius 3 is 2.69 bits per heavy atom. The Kier molecular flexibility index (Phi) is 3.10. The van der Waals surface area contributed by atoms with Crippen molar-refractivity contribution in [2.45, 2.75) is 11.8 Å². The fraction of sp³-hybridized carbons (Fsp3) is 0.364. The minimum absolute atomic E-state index is 0.406. The highest BCUT2D eigenvalue weighted by atomic mass is 35.5. The summed E-state index contributed by atoms with van der Waals surface area (Å²) in [5.41, 5.74) is -0.280. The number of nitrogens with one attached hydrogen (secondary N) is 1. The summed E-state index contributed by atoms with van der Waals surface area (Å²) < 4.78 is 0. The number of carbonyl (C=O) groups is 1. The highest BCUT2D eigenvalue weighted by Crippen LogP contribution is 2.36. The number of hydrogen-bond donors (Lipinski definition) is 2. The van der Waals surface area contributed by atoms with Gasteiger partial charge in [-0.05, 0) is 30.7 Å². The van der Waals surface area contributed by atoms with Gasteiger partial charge in [-0.2, -0.15) is 0 Å². The molecule has 1 atom stereocenters. The van der Waals surface area contributed by atoms with Crippen molar-refractivity contribution >= 4 is 29.2 Å². The monoisotopic (exact) mass is 259 g/mol. The predicted molar refractivity (Wildman–Crippen MR) is 63.3 cm³/mol. The summed E-state index contributed by atoms with van der Waals surface area (Å²) in [5.74, 6) is -0.846. The number of carboxylic acids is 1. The molecule has 2 N–H and O–H groups in total. The zero-order chi connectivity index (χ0) is 11.8. The van der Waals surface area contributed by atoms with Crippen LogP contribution in [-0.4, -0.2) is 24.2 Å². The Morgan fingerprint density at radius 2 is 2.19 bits per heavy atom. The molecular formula is C11H11Cl2NO2. The lowest BCUT2D eigenvalue weighted by Crippen LogP contribution is -2.38. The molecule has 2 rings (SSSR count). The van der Waals surface area contributed by atoms with Gasteiger partial charge in [0.15, 0.2) is 0 Å². The van der Waals surface area contributed by atoms with Crippen molar-refractivity contribution in [1.82, 2.24) is 5.32 Å². The van der Waals surface area contributed by atoms with Crippen LogP contribution in [0.15, 0.2) is 18.2 Å². The van der Waals surface area contributed by atoms with Crippen LogP contribution in [0.1, 0.15) is 12.0 Å². The Labute approximate surface area is 103 Å². The predicted octanol–water partition coefficient (Wildman–Crippen LogP) is 2.31. The van der Waals surface area contributed by atoms with Crippen LogP contribution in [0.3, 0.4) is 0 Å². The third-order valence-electron chi connectivity index (χ3n) is 3.01. The van der Waals surface area contributed by atoms with Crippen molar-refractivity contribution in [3.05, 3.63) is 33.8 Å². The van der Waals surface area contributed by atoms with Gasteiger partial charge < -0.3 is 10.4 Å². The Hall–Kier alpha value is -0.770. The van der Waals surface area contributed by atoms with Crippen molar-refractivity contribution in [3.63, 3.8) is 0 Å². The lowest BCUT2D eigenvalue weighted by atomic mass is 9.80. The minimum atomic E-state index is -0.915.